The van der Waals surface area contributed by atoms with Crippen LogP contribution < -0.4 is 5.32 Å². The molecule has 0 bridgehead atoms. The van der Waals surface area contributed by atoms with Gasteiger partial charge in [0.1, 0.15) is 0 Å². The minimum Gasteiger partial charge on any atom is -0.376 e. The molecule has 0 spiro atoms. The summed E-state index contributed by atoms with van der Waals surface area (Å²) in [6.07, 6.45) is 10.3. The van der Waals surface area contributed by atoms with Crippen molar-refractivity contribution in [1.82, 2.24) is 10.2 Å². The first kappa shape index (κ1) is 25.1. The van der Waals surface area contributed by atoms with E-state index in [0.29, 0.717) is 12.2 Å². The van der Waals surface area contributed by atoms with Gasteiger partial charge < -0.3 is 19.7 Å². The summed E-state index contributed by atoms with van der Waals surface area (Å²) >= 11 is 2.05. The quantitative estimate of drug-likeness (QED) is 0.291. The number of aliphatic imine (C=N–C) groups is 1. The van der Waals surface area contributed by atoms with Crippen molar-refractivity contribution in [3.63, 3.8) is 0 Å². The number of nitrogens with zero attached hydrogens (tertiary/aromatic N) is 2. The number of benzene rings is 1. The zero-order valence-corrected chi connectivity index (χ0v) is 21.9. The van der Waals surface area contributed by atoms with E-state index in [1.807, 2.05) is 18.8 Å². The van der Waals surface area contributed by atoms with E-state index >= 15 is 0 Å². The molecule has 0 aromatic heterocycles. The number of hydrogen-bond donors (Lipinski definition) is 1. The summed E-state index contributed by atoms with van der Waals surface area (Å²) in [6, 6.07) is 10.9. The number of piperidine rings is 1. The lowest BCUT2D eigenvalue weighted by atomic mass is 10.1. The van der Waals surface area contributed by atoms with Gasteiger partial charge in [0.2, 0.25) is 0 Å². The average molecular weight is 560 g/mol. The lowest BCUT2D eigenvalue weighted by Crippen LogP contribution is -2.50. The second-order valence-electron chi connectivity index (χ2n) is 8.86. The van der Waals surface area contributed by atoms with Gasteiger partial charge in [-0.2, -0.15) is 0 Å². The third kappa shape index (κ3) is 7.24. The second-order valence-corrected chi connectivity index (χ2v) is 10.4. The number of guanidine groups is 1. The fourth-order valence-corrected chi connectivity index (χ4v) is 6.33. The molecule has 4 rings (SSSR count). The highest BCUT2D eigenvalue weighted by Crippen LogP contribution is 2.44. The third-order valence-electron chi connectivity index (χ3n) is 6.66. The Morgan fingerprint density at radius 3 is 2.55 bits per heavy atom. The lowest BCUT2D eigenvalue weighted by molar-refractivity contribution is -0.0367. The van der Waals surface area contributed by atoms with Gasteiger partial charge >= 0.3 is 0 Å². The van der Waals surface area contributed by atoms with Crippen molar-refractivity contribution in [3.05, 3.63) is 30.3 Å². The van der Waals surface area contributed by atoms with Crippen LogP contribution in [0.2, 0.25) is 0 Å². The van der Waals surface area contributed by atoms with Crippen LogP contribution in [-0.4, -0.2) is 67.7 Å². The van der Waals surface area contributed by atoms with E-state index in [2.05, 4.69) is 45.5 Å². The predicted molar refractivity (Wildman–Crippen MR) is 140 cm³/mol. The molecule has 1 atom stereocenters. The Morgan fingerprint density at radius 2 is 1.90 bits per heavy atom. The van der Waals surface area contributed by atoms with Crippen LogP contribution in [0, 0.1) is 0 Å². The molecule has 3 fully saturated rings. The van der Waals surface area contributed by atoms with Crippen molar-refractivity contribution in [3.8, 4) is 0 Å². The number of ether oxygens (including phenoxy) is 2. The Balaban J connectivity index is 0.00000272. The summed E-state index contributed by atoms with van der Waals surface area (Å²) in [5, 5.41) is 3.73. The molecule has 0 radical (unpaired) electrons. The van der Waals surface area contributed by atoms with Crippen LogP contribution in [0.4, 0.5) is 0 Å². The van der Waals surface area contributed by atoms with Gasteiger partial charge in [0.05, 0.1) is 18.8 Å². The molecule has 31 heavy (non-hydrogen) atoms. The van der Waals surface area contributed by atoms with Gasteiger partial charge in [-0.15, -0.1) is 35.7 Å². The van der Waals surface area contributed by atoms with Gasteiger partial charge in [0, 0.05) is 42.9 Å². The van der Waals surface area contributed by atoms with Gasteiger partial charge in [0.25, 0.3) is 0 Å². The van der Waals surface area contributed by atoms with Crippen LogP contribution in [0.3, 0.4) is 0 Å². The van der Waals surface area contributed by atoms with Crippen molar-refractivity contribution >= 4 is 41.7 Å². The monoisotopic (exact) mass is 559 g/mol. The maximum atomic E-state index is 6.14. The normalized spacial score (nSPS) is 24.2. The van der Waals surface area contributed by atoms with Crippen LogP contribution in [0.1, 0.15) is 51.4 Å². The molecular weight excluding hydrogens is 521 g/mol. The first-order valence-electron chi connectivity index (χ1n) is 11.7. The van der Waals surface area contributed by atoms with Crippen LogP contribution in [-0.2, 0) is 9.47 Å². The highest BCUT2D eigenvalue weighted by Gasteiger charge is 2.35. The summed E-state index contributed by atoms with van der Waals surface area (Å²) in [4.78, 5) is 8.39. The SMILES string of the molecule is CN=C(NCC1(Sc2ccccc2)CCCC1)N1CCC(OCC2CCCO2)CC1.I. The maximum absolute atomic E-state index is 6.14. The fourth-order valence-electron chi connectivity index (χ4n) is 4.90. The smallest absolute Gasteiger partial charge is 0.193 e. The zero-order valence-electron chi connectivity index (χ0n) is 18.8. The highest BCUT2D eigenvalue weighted by atomic mass is 127. The number of nitrogens with one attached hydrogen (secondary N) is 1. The van der Waals surface area contributed by atoms with E-state index in [0.717, 1.165) is 58.1 Å². The molecule has 174 valence electrons. The Morgan fingerprint density at radius 1 is 1.16 bits per heavy atom. The van der Waals surface area contributed by atoms with Crippen LogP contribution in [0.15, 0.2) is 40.2 Å². The zero-order chi connectivity index (χ0) is 20.7. The topological polar surface area (TPSA) is 46.1 Å². The van der Waals surface area contributed by atoms with Crippen LogP contribution >= 0.6 is 35.7 Å². The molecule has 1 aliphatic carbocycles. The largest absolute Gasteiger partial charge is 0.376 e. The Bertz CT molecular complexity index is 671. The average Bonchev–Trinajstić information content (AvgIpc) is 3.47. The molecule has 1 unspecified atom stereocenters. The molecule has 7 heteroatoms. The molecule has 1 aromatic rings. The van der Waals surface area contributed by atoms with E-state index in [4.69, 9.17) is 9.47 Å². The Labute approximate surface area is 209 Å². The van der Waals surface area contributed by atoms with Crippen LogP contribution in [0.5, 0.6) is 0 Å². The van der Waals surface area contributed by atoms with Gasteiger partial charge in [-0.3, -0.25) is 4.99 Å². The van der Waals surface area contributed by atoms with Crippen LogP contribution in [0.25, 0.3) is 0 Å². The number of hydrogen-bond acceptors (Lipinski definition) is 4. The van der Waals surface area contributed by atoms with Crippen molar-refractivity contribution < 1.29 is 9.47 Å². The van der Waals surface area contributed by atoms with Crippen molar-refractivity contribution in [2.45, 2.75) is 73.2 Å². The number of likely N-dealkylation sites (tertiary alicyclic amines) is 1. The first-order valence-corrected chi connectivity index (χ1v) is 12.5. The molecule has 2 heterocycles. The second kappa shape index (κ2) is 12.7. The molecule has 5 nitrogen and oxygen atoms in total. The number of thioether (sulfide) groups is 1. The molecule has 0 amide bonds. The summed E-state index contributed by atoms with van der Waals surface area (Å²) < 4.78 is 12.1. The van der Waals surface area contributed by atoms with E-state index in [9.17, 15) is 0 Å². The van der Waals surface area contributed by atoms with Gasteiger partial charge in [-0.05, 0) is 50.7 Å². The van der Waals surface area contributed by atoms with E-state index in [1.54, 1.807) is 0 Å². The minimum atomic E-state index is 0. The standard InChI is InChI=1S/C24H37N3O2S.HI/c1-25-23(27-15-11-20(12-16-27)29-18-21-8-7-17-28-21)26-19-24(13-5-6-14-24)30-22-9-3-2-4-10-22;/h2-4,9-10,20-21H,5-8,11-19H2,1H3,(H,25,26);1H. The Kier molecular flexibility index (Phi) is 10.3. The molecule has 1 N–H and O–H groups in total. The molecular formula is C24H38IN3O2S. The van der Waals surface area contributed by atoms with Gasteiger partial charge in [-0.25, -0.2) is 0 Å². The Hall–Kier alpha value is -0.510. The van der Waals surface area contributed by atoms with Gasteiger partial charge in [0.15, 0.2) is 5.96 Å². The minimum absolute atomic E-state index is 0. The van der Waals surface area contributed by atoms with E-state index in [-0.39, 0.29) is 28.7 Å². The maximum Gasteiger partial charge on any atom is 0.193 e. The molecule has 1 saturated carbocycles. The molecule has 1 aromatic carbocycles. The first-order chi connectivity index (χ1) is 14.8. The van der Waals surface area contributed by atoms with Crippen molar-refractivity contribution in [1.29, 1.82) is 0 Å². The summed E-state index contributed by atoms with van der Waals surface area (Å²) in [6.45, 7) is 4.66. The van der Waals surface area contributed by atoms with Crippen molar-refractivity contribution in [2.75, 3.05) is 39.9 Å². The lowest BCUT2D eigenvalue weighted by Gasteiger charge is -2.36. The van der Waals surface area contributed by atoms with E-state index in [1.165, 1.54) is 37.0 Å². The molecule has 2 aliphatic heterocycles. The summed E-state index contributed by atoms with van der Waals surface area (Å²) in [7, 11) is 1.91. The molecule has 2 saturated heterocycles. The molecule has 3 aliphatic rings. The highest BCUT2D eigenvalue weighted by molar-refractivity contribution is 14.0. The van der Waals surface area contributed by atoms with Crippen molar-refractivity contribution in [2.24, 2.45) is 4.99 Å². The van der Waals surface area contributed by atoms with Gasteiger partial charge in [-0.1, -0.05) is 31.0 Å². The predicted octanol–water partition coefficient (Wildman–Crippen LogP) is 4.94. The number of rotatable bonds is 7. The number of halogens is 1. The van der Waals surface area contributed by atoms with E-state index < -0.39 is 0 Å². The summed E-state index contributed by atoms with van der Waals surface area (Å²) in [5.41, 5.74) is 0. The fraction of sp³-hybridized carbons (Fsp3) is 0.708. The summed E-state index contributed by atoms with van der Waals surface area (Å²) in [5.74, 6) is 1.05. The third-order valence-corrected chi connectivity index (χ3v) is 8.15.